The van der Waals surface area contributed by atoms with Crippen molar-refractivity contribution in [1.82, 2.24) is 5.32 Å². The average Bonchev–Trinajstić information content (AvgIpc) is 2.57. The van der Waals surface area contributed by atoms with Gasteiger partial charge in [-0.3, -0.25) is 0 Å². The summed E-state index contributed by atoms with van der Waals surface area (Å²) in [6, 6.07) is 10.5. The summed E-state index contributed by atoms with van der Waals surface area (Å²) in [6.45, 7) is 3.62. The summed E-state index contributed by atoms with van der Waals surface area (Å²) in [4.78, 5) is 10.8. The molecule has 0 spiro atoms. The molecule has 0 atom stereocenters. The van der Waals surface area contributed by atoms with E-state index in [1.807, 2.05) is 19.1 Å². The number of aromatic carboxylic acids is 1. The van der Waals surface area contributed by atoms with Gasteiger partial charge < -0.3 is 19.9 Å². The Morgan fingerprint density at radius 3 is 2.36 bits per heavy atom. The van der Waals surface area contributed by atoms with Gasteiger partial charge in [-0.2, -0.15) is 0 Å². The molecule has 2 aromatic carbocycles. The number of hydrogen-bond acceptors (Lipinski definition) is 4. The number of carbonyl (C=O) groups is 1. The molecule has 0 aromatic heterocycles. The van der Waals surface area contributed by atoms with Crippen LogP contribution in [-0.2, 0) is 13.1 Å². The molecule has 0 aliphatic heterocycles. The van der Waals surface area contributed by atoms with E-state index in [-0.39, 0.29) is 18.0 Å². The smallest absolute Gasteiger partial charge is 0.335 e. The number of methoxy groups -OCH3 is 1. The molecular formula is C18H21Cl2NO4. The maximum absolute atomic E-state index is 10.8. The molecule has 2 rings (SSSR count). The molecule has 0 radical (unpaired) electrons. The molecule has 2 aromatic rings. The number of carboxylic acids is 1. The maximum atomic E-state index is 10.8. The second-order valence-electron chi connectivity index (χ2n) is 5.15. The lowest BCUT2D eigenvalue weighted by atomic mass is 10.1. The Hall–Kier alpha value is -1.95. The van der Waals surface area contributed by atoms with Crippen molar-refractivity contribution in [3.05, 3.63) is 58.1 Å². The van der Waals surface area contributed by atoms with E-state index < -0.39 is 5.97 Å². The van der Waals surface area contributed by atoms with Crippen molar-refractivity contribution in [2.45, 2.75) is 20.0 Å². The Kier molecular flexibility index (Phi) is 8.55. The summed E-state index contributed by atoms with van der Waals surface area (Å²) in [6.07, 6.45) is 0. The molecule has 5 nitrogen and oxygen atoms in total. The molecule has 0 bridgehead atoms. The number of carboxylic acid groups (broad SMARTS) is 1. The van der Waals surface area contributed by atoms with Gasteiger partial charge in [0.2, 0.25) is 0 Å². The third-order valence-electron chi connectivity index (χ3n) is 3.44. The SMILES string of the molecule is CCOc1c(Cl)cc(CNCc2ccc(C(=O)O)cc2)cc1OC.Cl. The van der Waals surface area contributed by atoms with Gasteiger partial charge in [-0.1, -0.05) is 23.7 Å². The zero-order valence-corrected chi connectivity index (χ0v) is 15.6. The minimum absolute atomic E-state index is 0. The van der Waals surface area contributed by atoms with Crippen molar-refractivity contribution in [2.24, 2.45) is 0 Å². The highest BCUT2D eigenvalue weighted by Gasteiger charge is 2.11. The highest BCUT2D eigenvalue weighted by molar-refractivity contribution is 6.32. The molecule has 0 aliphatic rings. The van der Waals surface area contributed by atoms with Crippen molar-refractivity contribution in [2.75, 3.05) is 13.7 Å². The Balaban J connectivity index is 0.00000312. The minimum atomic E-state index is -0.925. The van der Waals surface area contributed by atoms with Gasteiger partial charge in [0.1, 0.15) is 0 Å². The van der Waals surface area contributed by atoms with Crippen LogP contribution in [0.25, 0.3) is 0 Å². The Morgan fingerprint density at radius 2 is 1.80 bits per heavy atom. The first-order valence-electron chi connectivity index (χ1n) is 7.57. The van der Waals surface area contributed by atoms with Gasteiger partial charge in [0.25, 0.3) is 0 Å². The van der Waals surface area contributed by atoms with E-state index in [1.165, 1.54) is 0 Å². The number of ether oxygens (including phenoxy) is 2. The number of rotatable bonds is 8. The lowest BCUT2D eigenvalue weighted by Gasteiger charge is -2.13. The molecule has 0 fully saturated rings. The van der Waals surface area contributed by atoms with Crippen molar-refractivity contribution in [1.29, 1.82) is 0 Å². The van der Waals surface area contributed by atoms with Crippen LogP contribution in [0.15, 0.2) is 36.4 Å². The van der Waals surface area contributed by atoms with Gasteiger partial charge in [-0.25, -0.2) is 4.79 Å². The molecule has 0 saturated heterocycles. The summed E-state index contributed by atoms with van der Waals surface area (Å²) in [7, 11) is 1.58. The number of halogens is 2. The Labute approximate surface area is 158 Å². The summed E-state index contributed by atoms with van der Waals surface area (Å²) in [5.41, 5.74) is 2.26. The highest BCUT2D eigenvalue weighted by Crippen LogP contribution is 2.36. The molecule has 2 N–H and O–H groups in total. The van der Waals surface area contributed by atoms with E-state index in [1.54, 1.807) is 31.4 Å². The van der Waals surface area contributed by atoms with E-state index in [4.69, 9.17) is 26.2 Å². The number of benzene rings is 2. The highest BCUT2D eigenvalue weighted by atomic mass is 35.5. The fourth-order valence-corrected chi connectivity index (χ4v) is 2.56. The fraction of sp³-hybridized carbons (Fsp3) is 0.278. The van der Waals surface area contributed by atoms with Crippen LogP contribution in [0.2, 0.25) is 5.02 Å². The van der Waals surface area contributed by atoms with Gasteiger partial charge in [0, 0.05) is 13.1 Å². The Bertz CT molecular complexity index is 705. The predicted octanol–water partition coefficient (Wildman–Crippen LogP) is 4.16. The molecule has 0 aliphatic carbocycles. The van der Waals surface area contributed by atoms with Crippen molar-refractivity contribution < 1.29 is 19.4 Å². The second-order valence-corrected chi connectivity index (χ2v) is 5.55. The number of hydrogen-bond donors (Lipinski definition) is 2. The van der Waals surface area contributed by atoms with E-state index >= 15 is 0 Å². The van der Waals surface area contributed by atoms with Gasteiger partial charge in [0.05, 0.1) is 24.3 Å². The van der Waals surface area contributed by atoms with Gasteiger partial charge >= 0.3 is 5.97 Å². The zero-order chi connectivity index (χ0) is 17.5. The molecule has 7 heteroatoms. The van der Waals surface area contributed by atoms with Gasteiger partial charge in [-0.15, -0.1) is 12.4 Å². The van der Waals surface area contributed by atoms with Crippen LogP contribution in [0, 0.1) is 0 Å². The first kappa shape index (κ1) is 21.1. The monoisotopic (exact) mass is 385 g/mol. The summed E-state index contributed by atoms with van der Waals surface area (Å²) in [5.74, 6) is 0.229. The lowest BCUT2D eigenvalue weighted by Crippen LogP contribution is -2.13. The largest absolute Gasteiger partial charge is 0.493 e. The standard InChI is InChI=1S/C18H20ClNO4.ClH/c1-3-24-17-15(19)8-13(9-16(17)23-2)11-20-10-12-4-6-14(7-5-12)18(21)22;/h4-9,20H,3,10-11H2,1-2H3,(H,21,22);1H. The predicted molar refractivity (Wildman–Crippen MR) is 100 cm³/mol. The molecule has 136 valence electrons. The van der Waals surface area contributed by atoms with E-state index in [9.17, 15) is 4.79 Å². The third-order valence-corrected chi connectivity index (χ3v) is 3.72. The summed E-state index contributed by atoms with van der Waals surface area (Å²) < 4.78 is 10.8. The van der Waals surface area contributed by atoms with E-state index in [0.29, 0.717) is 36.2 Å². The quantitative estimate of drug-likeness (QED) is 0.713. The molecule has 25 heavy (non-hydrogen) atoms. The van der Waals surface area contributed by atoms with Crippen LogP contribution >= 0.6 is 24.0 Å². The second kappa shape index (κ2) is 10.1. The fourth-order valence-electron chi connectivity index (χ4n) is 2.28. The maximum Gasteiger partial charge on any atom is 0.335 e. The molecule has 0 saturated carbocycles. The zero-order valence-electron chi connectivity index (χ0n) is 14.0. The molecule has 0 heterocycles. The van der Waals surface area contributed by atoms with Crippen LogP contribution in [0.4, 0.5) is 0 Å². The summed E-state index contributed by atoms with van der Waals surface area (Å²) in [5, 5.41) is 12.7. The lowest BCUT2D eigenvalue weighted by molar-refractivity contribution is 0.0697. The van der Waals surface area contributed by atoms with Crippen LogP contribution in [0.3, 0.4) is 0 Å². The normalized spacial score (nSPS) is 10.0. The van der Waals surface area contributed by atoms with Gasteiger partial charge in [-0.05, 0) is 42.3 Å². The topological polar surface area (TPSA) is 67.8 Å². The Morgan fingerprint density at radius 1 is 1.16 bits per heavy atom. The number of nitrogens with one attached hydrogen (secondary N) is 1. The first-order valence-corrected chi connectivity index (χ1v) is 7.95. The van der Waals surface area contributed by atoms with Crippen molar-refractivity contribution in [3.63, 3.8) is 0 Å². The van der Waals surface area contributed by atoms with Gasteiger partial charge in [0.15, 0.2) is 11.5 Å². The van der Waals surface area contributed by atoms with Crippen LogP contribution in [0.5, 0.6) is 11.5 Å². The van der Waals surface area contributed by atoms with Crippen LogP contribution < -0.4 is 14.8 Å². The molecule has 0 unspecified atom stereocenters. The average molecular weight is 386 g/mol. The third kappa shape index (κ3) is 5.81. The van der Waals surface area contributed by atoms with Crippen LogP contribution in [0.1, 0.15) is 28.4 Å². The molecule has 0 amide bonds. The van der Waals surface area contributed by atoms with E-state index in [0.717, 1.165) is 11.1 Å². The first-order chi connectivity index (χ1) is 11.5. The minimum Gasteiger partial charge on any atom is -0.493 e. The molecular weight excluding hydrogens is 365 g/mol. The van der Waals surface area contributed by atoms with Crippen molar-refractivity contribution in [3.8, 4) is 11.5 Å². The van der Waals surface area contributed by atoms with E-state index in [2.05, 4.69) is 5.32 Å². The van der Waals surface area contributed by atoms with Crippen molar-refractivity contribution >= 4 is 30.0 Å². The summed E-state index contributed by atoms with van der Waals surface area (Å²) >= 11 is 6.25. The van der Waals surface area contributed by atoms with Crippen LogP contribution in [-0.4, -0.2) is 24.8 Å².